The van der Waals surface area contributed by atoms with Crippen LogP contribution in [0.25, 0.3) is 0 Å². The quantitative estimate of drug-likeness (QED) is 0.284. The van der Waals surface area contributed by atoms with Gasteiger partial charge in [0.1, 0.15) is 0 Å². The lowest BCUT2D eigenvalue weighted by Gasteiger charge is -2.41. The normalized spacial score (nSPS) is 15.5. The van der Waals surface area contributed by atoms with Crippen molar-refractivity contribution in [3.8, 4) is 11.5 Å². The first-order valence-corrected chi connectivity index (χ1v) is 9.82. The molecule has 1 aliphatic rings. The summed E-state index contributed by atoms with van der Waals surface area (Å²) in [5, 5.41) is 6.60. The smallest absolute Gasteiger partial charge is 0.387 e. The van der Waals surface area contributed by atoms with Gasteiger partial charge < -0.3 is 24.8 Å². The Morgan fingerprint density at radius 2 is 1.93 bits per heavy atom. The molecule has 10 heteroatoms. The zero-order valence-corrected chi connectivity index (χ0v) is 20.4. The van der Waals surface area contributed by atoms with Crippen molar-refractivity contribution in [1.29, 1.82) is 0 Å². The topological polar surface area (TPSA) is 67.4 Å². The number of methoxy groups -OCH3 is 1. The van der Waals surface area contributed by atoms with Gasteiger partial charge in [0.15, 0.2) is 17.5 Å². The summed E-state index contributed by atoms with van der Waals surface area (Å²) in [6.45, 7) is 8.50. The molecule has 0 aromatic heterocycles. The second-order valence-corrected chi connectivity index (χ2v) is 7.32. The maximum atomic E-state index is 12.6. The van der Waals surface area contributed by atoms with Crippen LogP contribution in [-0.4, -0.2) is 69.5 Å². The number of nitrogens with one attached hydrogen (secondary N) is 2. The Bertz CT molecular complexity index is 671. The van der Waals surface area contributed by atoms with Gasteiger partial charge in [-0.1, -0.05) is 6.07 Å². The first kappa shape index (κ1) is 26.6. The van der Waals surface area contributed by atoms with E-state index in [-0.39, 0.29) is 41.0 Å². The highest BCUT2D eigenvalue weighted by Crippen LogP contribution is 2.29. The summed E-state index contributed by atoms with van der Waals surface area (Å²) in [5.41, 5.74) is 0.685. The zero-order valence-electron chi connectivity index (χ0n) is 18.0. The Morgan fingerprint density at radius 3 is 2.53 bits per heavy atom. The third-order valence-corrected chi connectivity index (χ3v) is 4.76. The minimum atomic E-state index is -2.91. The molecule has 0 radical (unpaired) electrons. The van der Waals surface area contributed by atoms with Crippen LogP contribution in [0.5, 0.6) is 11.5 Å². The fourth-order valence-electron chi connectivity index (χ4n) is 3.10. The molecule has 0 bridgehead atoms. The number of rotatable bonds is 9. The maximum absolute atomic E-state index is 12.6. The Morgan fingerprint density at radius 1 is 1.23 bits per heavy atom. The summed E-state index contributed by atoms with van der Waals surface area (Å²) in [6, 6.07) is 4.90. The van der Waals surface area contributed by atoms with E-state index in [4.69, 9.17) is 9.47 Å². The van der Waals surface area contributed by atoms with Crippen LogP contribution in [0, 0.1) is 0 Å². The van der Waals surface area contributed by atoms with E-state index in [0.717, 1.165) is 31.9 Å². The summed E-state index contributed by atoms with van der Waals surface area (Å²) < 4.78 is 40.3. The van der Waals surface area contributed by atoms with Gasteiger partial charge in [0.2, 0.25) is 0 Å². The summed E-state index contributed by atoms with van der Waals surface area (Å²) in [5.74, 6) is 0.929. The lowest BCUT2D eigenvalue weighted by atomic mass is 10.0. The SMILES string of the molecule is CCNC(=NCc1ccc(OC)c(OC(F)F)c1)NCC(C)(C)N1CCOCC1.I. The molecule has 1 aromatic carbocycles. The van der Waals surface area contributed by atoms with Crippen LogP contribution >= 0.6 is 24.0 Å². The lowest BCUT2D eigenvalue weighted by Crippen LogP contribution is -2.56. The number of alkyl halides is 2. The standard InChI is InChI=1S/C20H32F2N4O3.HI/c1-5-23-19(25-14-20(2,3)26-8-10-28-11-9-26)24-13-15-6-7-16(27-4)17(12-15)29-18(21)22;/h6-7,12,18H,5,8-11,13-14H2,1-4H3,(H2,23,24,25);1H. The van der Waals surface area contributed by atoms with Crippen LogP contribution in [0.4, 0.5) is 8.78 Å². The van der Waals surface area contributed by atoms with Crippen LogP contribution in [0.2, 0.25) is 0 Å². The van der Waals surface area contributed by atoms with E-state index in [9.17, 15) is 8.78 Å². The van der Waals surface area contributed by atoms with Gasteiger partial charge in [-0.05, 0) is 38.5 Å². The van der Waals surface area contributed by atoms with Gasteiger partial charge in [0.25, 0.3) is 0 Å². The molecule has 7 nitrogen and oxygen atoms in total. The Kier molecular flexibility index (Phi) is 11.6. The fourth-order valence-corrected chi connectivity index (χ4v) is 3.10. The monoisotopic (exact) mass is 542 g/mol. The Hall–Kier alpha value is -1.40. The van der Waals surface area contributed by atoms with Crippen LogP contribution < -0.4 is 20.1 Å². The van der Waals surface area contributed by atoms with Crippen molar-refractivity contribution < 1.29 is 23.0 Å². The number of morpholine rings is 1. The number of hydrogen-bond acceptors (Lipinski definition) is 5. The van der Waals surface area contributed by atoms with E-state index in [1.165, 1.54) is 13.2 Å². The first-order chi connectivity index (χ1) is 13.9. The van der Waals surface area contributed by atoms with Crippen molar-refractivity contribution in [2.45, 2.75) is 39.5 Å². The molecule has 0 saturated carbocycles. The molecule has 0 amide bonds. The number of nitrogens with zero attached hydrogens (tertiary/aromatic N) is 2. The van der Waals surface area contributed by atoms with Gasteiger partial charge in [0.05, 0.1) is 26.9 Å². The number of guanidine groups is 1. The van der Waals surface area contributed by atoms with E-state index in [2.05, 4.69) is 39.1 Å². The average molecular weight is 542 g/mol. The van der Waals surface area contributed by atoms with E-state index in [1.807, 2.05) is 6.92 Å². The summed E-state index contributed by atoms with van der Waals surface area (Å²) in [4.78, 5) is 6.97. The van der Waals surface area contributed by atoms with E-state index < -0.39 is 6.61 Å². The number of benzene rings is 1. The number of ether oxygens (including phenoxy) is 3. The minimum Gasteiger partial charge on any atom is -0.493 e. The van der Waals surface area contributed by atoms with Crippen molar-refractivity contribution >= 4 is 29.9 Å². The number of halogens is 3. The molecule has 1 aromatic rings. The molecule has 30 heavy (non-hydrogen) atoms. The van der Waals surface area contributed by atoms with Crippen molar-refractivity contribution in [2.75, 3.05) is 46.5 Å². The molecule has 0 unspecified atom stereocenters. The molecule has 0 aliphatic carbocycles. The van der Waals surface area contributed by atoms with Crippen molar-refractivity contribution in [1.82, 2.24) is 15.5 Å². The lowest BCUT2D eigenvalue weighted by molar-refractivity contribution is -0.0512. The van der Waals surface area contributed by atoms with Gasteiger partial charge >= 0.3 is 6.61 Å². The van der Waals surface area contributed by atoms with Crippen LogP contribution in [0.1, 0.15) is 26.3 Å². The van der Waals surface area contributed by atoms with Gasteiger partial charge in [-0.2, -0.15) is 8.78 Å². The van der Waals surface area contributed by atoms with Crippen molar-refractivity contribution in [3.05, 3.63) is 23.8 Å². The molecule has 0 spiro atoms. The third-order valence-electron chi connectivity index (χ3n) is 4.76. The highest BCUT2D eigenvalue weighted by molar-refractivity contribution is 14.0. The van der Waals surface area contributed by atoms with Gasteiger partial charge in [-0.25, -0.2) is 4.99 Å². The Labute approximate surface area is 194 Å². The fraction of sp³-hybridized carbons (Fsp3) is 0.650. The third kappa shape index (κ3) is 8.38. The van der Waals surface area contributed by atoms with E-state index in [0.29, 0.717) is 25.6 Å². The molecule has 1 saturated heterocycles. The van der Waals surface area contributed by atoms with E-state index >= 15 is 0 Å². The molecular formula is C20H33F2IN4O3. The first-order valence-electron chi connectivity index (χ1n) is 9.82. The second-order valence-electron chi connectivity index (χ2n) is 7.32. The predicted molar refractivity (Wildman–Crippen MR) is 124 cm³/mol. The maximum Gasteiger partial charge on any atom is 0.387 e. The zero-order chi connectivity index (χ0) is 21.3. The molecule has 2 N–H and O–H groups in total. The molecule has 1 fully saturated rings. The number of hydrogen-bond donors (Lipinski definition) is 2. The van der Waals surface area contributed by atoms with Crippen molar-refractivity contribution in [3.63, 3.8) is 0 Å². The van der Waals surface area contributed by atoms with Crippen molar-refractivity contribution in [2.24, 2.45) is 4.99 Å². The number of aliphatic imine (C=N–C) groups is 1. The summed E-state index contributed by atoms with van der Waals surface area (Å²) in [6.07, 6.45) is 0. The minimum absolute atomic E-state index is 0. The van der Waals surface area contributed by atoms with E-state index in [1.54, 1.807) is 12.1 Å². The predicted octanol–water partition coefficient (Wildman–Crippen LogP) is 3.08. The van der Waals surface area contributed by atoms with Gasteiger partial charge in [0, 0.05) is 31.7 Å². The molecule has 0 atom stereocenters. The molecule has 1 aliphatic heterocycles. The van der Waals surface area contributed by atoms with Crippen LogP contribution in [-0.2, 0) is 11.3 Å². The molecule has 1 heterocycles. The Balaban J connectivity index is 0.00000450. The molecular weight excluding hydrogens is 509 g/mol. The highest BCUT2D eigenvalue weighted by Gasteiger charge is 2.28. The second kappa shape index (κ2) is 13.1. The molecule has 2 rings (SSSR count). The highest BCUT2D eigenvalue weighted by atomic mass is 127. The van der Waals surface area contributed by atoms with Crippen LogP contribution in [0.15, 0.2) is 23.2 Å². The van der Waals surface area contributed by atoms with Gasteiger partial charge in [-0.15, -0.1) is 24.0 Å². The average Bonchev–Trinajstić information content (AvgIpc) is 2.70. The molecule has 172 valence electrons. The largest absolute Gasteiger partial charge is 0.493 e. The van der Waals surface area contributed by atoms with Gasteiger partial charge in [-0.3, -0.25) is 4.90 Å². The summed E-state index contributed by atoms with van der Waals surface area (Å²) >= 11 is 0. The summed E-state index contributed by atoms with van der Waals surface area (Å²) in [7, 11) is 1.41. The van der Waals surface area contributed by atoms with Crippen LogP contribution in [0.3, 0.4) is 0 Å².